The van der Waals surface area contributed by atoms with Gasteiger partial charge in [-0.2, -0.15) is 0 Å². The second-order valence-electron chi connectivity index (χ2n) is 11.9. The van der Waals surface area contributed by atoms with Gasteiger partial charge in [0.25, 0.3) is 0 Å². The summed E-state index contributed by atoms with van der Waals surface area (Å²) in [5.41, 5.74) is 0.271. The normalized spacial score (nSPS) is 62.8. The van der Waals surface area contributed by atoms with E-state index in [-0.39, 0.29) is 5.60 Å². The molecule has 0 aliphatic heterocycles. The van der Waals surface area contributed by atoms with Crippen LogP contribution in [0.4, 0.5) is 0 Å². The second-order valence-corrected chi connectivity index (χ2v) is 11.9. The fraction of sp³-hybridized carbons (Fsp3) is 1.00. The molecule has 0 bridgehead atoms. The van der Waals surface area contributed by atoms with Gasteiger partial charge in [-0.3, -0.25) is 0 Å². The van der Waals surface area contributed by atoms with Gasteiger partial charge in [0.05, 0.1) is 5.60 Å². The fourth-order valence-electron chi connectivity index (χ4n) is 9.78. The molecule has 11 atom stereocenters. The molecule has 0 amide bonds. The SMILES string of the molecule is CC(C)C1C2C(C)C2[C@H]2[C@@H]3CC[C@@H]4C[C@](C)(O)CC[C@@H]4[C@H]3CC[C@]12C. The van der Waals surface area contributed by atoms with Crippen LogP contribution >= 0.6 is 0 Å². The molecule has 5 rings (SSSR count). The van der Waals surface area contributed by atoms with Crippen molar-refractivity contribution in [3.8, 4) is 0 Å². The lowest BCUT2D eigenvalue weighted by molar-refractivity contribution is -0.112. The minimum absolute atomic E-state index is 0.372. The third-order valence-electron chi connectivity index (χ3n) is 10.4. The summed E-state index contributed by atoms with van der Waals surface area (Å²) in [6.07, 6.45) is 9.32. The number of hydrogen-bond donors (Lipinski definition) is 1. The van der Waals surface area contributed by atoms with E-state index in [4.69, 9.17) is 0 Å². The fourth-order valence-corrected chi connectivity index (χ4v) is 9.78. The second kappa shape index (κ2) is 5.27. The van der Waals surface area contributed by atoms with Gasteiger partial charge in [-0.15, -0.1) is 0 Å². The topological polar surface area (TPSA) is 20.2 Å². The Bertz CT molecular complexity index is 550. The van der Waals surface area contributed by atoms with Crippen LogP contribution in [0.1, 0.15) is 79.6 Å². The van der Waals surface area contributed by atoms with Gasteiger partial charge in [0, 0.05) is 0 Å². The molecule has 5 fully saturated rings. The maximum atomic E-state index is 10.6. The highest BCUT2D eigenvalue weighted by Gasteiger charge is 2.72. The molecular weight excluding hydrogens is 304 g/mol. The Labute approximate surface area is 155 Å². The van der Waals surface area contributed by atoms with Gasteiger partial charge in [0.1, 0.15) is 0 Å². The van der Waals surface area contributed by atoms with Gasteiger partial charge >= 0.3 is 0 Å². The van der Waals surface area contributed by atoms with Gasteiger partial charge in [-0.1, -0.05) is 27.7 Å². The number of aliphatic hydroxyl groups is 1. The zero-order chi connectivity index (χ0) is 17.7. The van der Waals surface area contributed by atoms with E-state index in [9.17, 15) is 5.11 Å². The van der Waals surface area contributed by atoms with Crippen LogP contribution in [0, 0.1) is 64.6 Å². The van der Waals surface area contributed by atoms with E-state index >= 15 is 0 Å². The lowest BCUT2D eigenvalue weighted by Crippen LogP contribution is -2.52. The van der Waals surface area contributed by atoms with Crippen molar-refractivity contribution < 1.29 is 5.11 Å². The van der Waals surface area contributed by atoms with Crippen molar-refractivity contribution in [3.05, 3.63) is 0 Å². The summed E-state index contributed by atoms with van der Waals surface area (Å²) in [6.45, 7) is 12.4. The van der Waals surface area contributed by atoms with Crippen molar-refractivity contribution in [1.29, 1.82) is 0 Å². The first kappa shape index (κ1) is 17.1. The molecule has 0 aromatic heterocycles. The highest BCUT2D eigenvalue weighted by atomic mass is 16.3. The molecule has 4 unspecified atom stereocenters. The first-order valence-electron chi connectivity index (χ1n) is 11.5. The van der Waals surface area contributed by atoms with Gasteiger partial charge < -0.3 is 5.11 Å². The molecule has 1 nitrogen and oxygen atoms in total. The quantitative estimate of drug-likeness (QED) is 0.641. The van der Waals surface area contributed by atoms with Crippen LogP contribution in [-0.2, 0) is 0 Å². The van der Waals surface area contributed by atoms with Gasteiger partial charge in [-0.05, 0) is 116 Å². The summed E-state index contributed by atoms with van der Waals surface area (Å²) in [4.78, 5) is 0. The largest absolute Gasteiger partial charge is 0.390 e. The lowest BCUT2D eigenvalue weighted by atomic mass is 9.47. The molecule has 0 saturated heterocycles. The van der Waals surface area contributed by atoms with E-state index in [1.807, 2.05) is 0 Å². The molecule has 142 valence electrons. The Morgan fingerprint density at radius 2 is 1.60 bits per heavy atom. The predicted octanol–water partition coefficient (Wildman–Crippen LogP) is 5.76. The molecule has 5 saturated carbocycles. The molecule has 5 aliphatic carbocycles. The molecule has 25 heavy (non-hydrogen) atoms. The third kappa shape index (κ3) is 2.23. The van der Waals surface area contributed by atoms with Crippen molar-refractivity contribution in [2.24, 2.45) is 64.6 Å². The summed E-state index contributed by atoms with van der Waals surface area (Å²) < 4.78 is 0. The predicted molar refractivity (Wildman–Crippen MR) is 103 cm³/mol. The summed E-state index contributed by atoms with van der Waals surface area (Å²) in [6, 6.07) is 0. The minimum Gasteiger partial charge on any atom is -0.390 e. The highest BCUT2D eigenvalue weighted by Crippen LogP contribution is 2.77. The Kier molecular flexibility index (Phi) is 3.60. The molecule has 0 aromatic rings. The van der Waals surface area contributed by atoms with Crippen molar-refractivity contribution in [2.75, 3.05) is 0 Å². The van der Waals surface area contributed by atoms with Crippen LogP contribution < -0.4 is 0 Å². The van der Waals surface area contributed by atoms with Crippen molar-refractivity contribution in [2.45, 2.75) is 85.2 Å². The first-order valence-corrected chi connectivity index (χ1v) is 11.5. The lowest BCUT2D eigenvalue weighted by Gasteiger charge is -2.58. The van der Waals surface area contributed by atoms with Crippen LogP contribution in [-0.4, -0.2) is 10.7 Å². The number of fused-ring (bicyclic) bond motifs is 7. The van der Waals surface area contributed by atoms with Crippen molar-refractivity contribution in [1.82, 2.24) is 0 Å². The molecule has 0 heterocycles. The Morgan fingerprint density at radius 1 is 0.880 bits per heavy atom. The number of rotatable bonds is 1. The van der Waals surface area contributed by atoms with E-state index in [1.165, 1.54) is 32.1 Å². The van der Waals surface area contributed by atoms with Crippen LogP contribution in [0.25, 0.3) is 0 Å². The van der Waals surface area contributed by atoms with E-state index in [0.717, 1.165) is 72.0 Å². The average molecular weight is 345 g/mol. The standard InChI is InChI=1S/C24H40O/c1-13(2)21-19-14(3)20(19)22-18-7-6-15-12-23(4,25)10-8-16(15)17(18)9-11-24(21,22)5/h13-22,25H,6-12H2,1-5H3/t14?,15-,16+,17-,18-,19?,20?,21?,22-,23-,24-/m1/s1. The zero-order valence-corrected chi connectivity index (χ0v) is 17.2. The smallest absolute Gasteiger partial charge is 0.0622 e. The van der Waals surface area contributed by atoms with E-state index in [2.05, 4.69) is 34.6 Å². The maximum Gasteiger partial charge on any atom is 0.0622 e. The highest BCUT2D eigenvalue weighted by molar-refractivity contribution is 5.20. The van der Waals surface area contributed by atoms with Crippen LogP contribution in [0.5, 0.6) is 0 Å². The Hall–Kier alpha value is -0.0400. The summed E-state index contributed by atoms with van der Waals surface area (Å²) in [5.74, 6) is 9.78. The van der Waals surface area contributed by atoms with Crippen molar-refractivity contribution in [3.63, 3.8) is 0 Å². The summed E-state index contributed by atoms with van der Waals surface area (Å²) in [5, 5.41) is 10.6. The van der Waals surface area contributed by atoms with Gasteiger partial charge in [0.15, 0.2) is 0 Å². The average Bonchev–Trinajstić information content (AvgIpc) is 3.03. The zero-order valence-electron chi connectivity index (χ0n) is 17.2. The van der Waals surface area contributed by atoms with Crippen LogP contribution in [0.3, 0.4) is 0 Å². The van der Waals surface area contributed by atoms with E-state index in [1.54, 1.807) is 0 Å². The molecule has 1 N–H and O–H groups in total. The molecule has 0 spiro atoms. The molecule has 1 heteroatoms. The monoisotopic (exact) mass is 344 g/mol. The van der Waals surface area contributed by atoms with Crippen LogP contribution in [0.15, 0.2) is 0 Å². The molecule has 5 aliphatic rings. The molecule has 0 radical (unpaired) electrons. The number of hydrogen-bond acceptors (Lipinski definition) is 1. The minimum atomic E-state index is -0.372. The molecule has 0 aromatic carbocycles. The summed E-state index contributed by atoms with van der Waals surface area (Å²) >= 11 is 0. The van der Waals surface area contributed by atoms with E-state index in [0.29, 0.717) is 5.41 Å². The Morgan fingerprint density at radius 3 is 2.32 bits per heavy atom. The van der Waals surface area contributed by atoms with Crippen LogP contribution in [0.2, 0.25) is 0 Å². The first-order chi connectivity index (χ1) is 11.7. The van der Waals surface area contributed by atoms with Crippen molar-refractivity contribution >= 4 is 0 Å². The van der Waals surface area contributed by atoms with Gasteiger partial charge in [0.2, 0.25) is 0 Å². The summed E-state index contributed by atoms with van der Waals surface area (Å²) in [7, 11) is 0. The molecular formula is C24H40O. The maximum absolute atomic E-state index is 10.6. The van der Waals surface area contributed by atoms with E-state index < -0.39 is 0 Å². The van der Waals surface area contributed by atoms with Gasteiger partial charge in [-0.25, -0.2) is 0 Å². The Balaban J connectivity index is 1.43. The third-order valence-corrected chi connectivity index (χ3v) is 10.4.